The number of hydrogen-bond acceptors (Lipinski definition) is 0. The fourth-order valence-electron chi connectivity index (χ4n) is 2.95. The van der Waals surface area contributed by atoms with Crippen molar-refractivity contribution in [3.05, 3.63) is 0 Å². The maximum Gasteiger partial charge on any atom is -0.0386 e. The van der Waals surface area contributed by atoms with Gasteiger partial charge in [0.2, 0.25) is 0 Å². The Kier molecular flexibility index (Phi) is 10.9. The van der Waals surface area contributed by atoms with Gasteiger partial charge in [0.25, 0.3) is 0 Å². The molecule has 0 saturated heterocycles. The van der Waals surface area contributed by atoms with Gasteiger partial charge in [-0.1, -0.05) is 80.1 Å². The lowest BCUT2D eigenvalue weighted by Gasteiger charge is -2.27. The fraction of sp³-hybridized carbons (Fsp3) is 1.00. The first-order chi connectivity index (χ1) is 8.51. The minimum atomic E-state index is 0.871. The first-order valence-electron chi connectivity index (χ1n) is 8.51. The van der Waals surface area contributed by atoms with Crippen LogP contribution in [0.15, 0.2) is 0 Å². The van der Waals surface area contributed by atoms with Gasteiger partial charge in [-0.05, 0) is 36.5 Å². The molecule has 0 rings (SSSR count). The van der Waals surface area contributed by atoms with E-state index in [-0.39, 0.29) is 0 Å². The zero-order chi connectivity index (χ0) is 14.0. The Hall–Kier alpha value is 0. The monoisotopic (exact) mass is 254 g/mol. The van der Waals surface area contributed by atoms with Crippen molar-refractivity contribution in [3.63, 3.8) is 0 Å². The average Bonchev–Trinajstić information content (AvgIpc) is 2.31. The normalized spacial score (nSPS) is 15.3. The van der Waals surface area contributed by atoms with Crippen LogP contribution in [-0.4, -0.2) is 0 Å². The summed E-state index contributed by atoms with van der Waals surface area (Å²) in [5, 5.41) is 0. The van der Waals surface area contributed by atoms with Gasteiger partial charge in [0, 0.05) is 0 Å². The molecule has 0 amide bonds. The molecule has 0 nitrogen and oxygen atoms in total. The summed E-state index contributed by atoms with van der Waals surface area (Å²) in [6, 6.07) is 0. The van der Waals surface area contributed by atoms with Crippen molar-refractivity contribution in [3.8, 4) is 0 Å². The van der Waals surface area contributed by atoms with Gasteiger partial charge in [-0.3, -0.25) is 0 Å². The van der Waals surface area contributed by atoms with E-state index in [9.17, 15) is 0 Å². The van der Waals surface area contributed by atoms with Crippen molar-refractivity contribution in [1.82, 2.24) is 0 Å². The molecule has 110 valence electrons. The minimum absolute atomic E-state index is 0.871. The standard InChI is InChI=1S/C18H38/c1-7-9-10-18(14-12-16(5)6)17(8-2)13-11-15(3)4/h15-18H,7-14H2,1-6H3. The highest BCUT2D eigenvalue weighted by molar-refractivity contribution is 4.71. The summed E-state index contributed by atoms with van der Waals surface area (Å²) in [6.07, 6.45) is 11.4. The Bertz CT molecular complexity index is 169. The molecular weight excluding hydrogens is 216 g/mol. The molecule has 0 N–H and O–H groups in total. The molecule has 0 aliphatic carbocycles. The van der Waals surface area contributed by atoms with Crippen LogP contribution in [0.4, 0.5) is 0 Å². The van der Waals surface area contributed by atoms with E-state index in [1.54, 1.807) is 0 Å². The molecule has 0 saturated carbocycles. The molecule has 0 aromatic heterocycles. The first-order valence-corrected chi connectivity index (χ1v) is 8.51. The average molecular weight is 255 g/mol. The van der Waals surface area contributed by atoms with Crippen LogP contribution in [0.2, 0.25) is 0 Å². The third-order valence-electron chi connectivity index (χ3n) is 4.35. The lowest BCUT2D eigenvalue weighted by molar-refractivity contribution is 0.238. The molecule has 0 aromatic rings. The molecule has 0 heteroatoms. The van der Waals surface area contributed by atoms with E-state index < -0.39 is 0 Å². The molecule has 0 bridgehead atoms. The summed E-state index contributed by atoms with van der Waals surface area (Å²) in [4.78, 5) is 0. The molecular formula is C18H38. The van der Waals surface area contributed by atoms with Gasteiger partial charge in [0.05, 0.1) is 0 Å². The van der Waals surface area contributed by atoms with E-state index in [2.05, 4.69) is 41.5 Å². The first kappa shape index (κ1) is 18.0. The highest BCUT2D eigenvalue weighted by atomic mass is 14.3. The van der Waals surface area contributed by atoms with Crippen LogP contribution in [0.25, 0.3) is 0 Å². The van der Waals surface area contributed by atoms with Crippen molar-refractivity contribution >= 4 is 0 Å². The maximum atomic E-state index is 2.40. The number of rotatable bonds is 11. The predicted molar refractivity (Wildman–Crippen MR) is 84.9 cm³/mol. The number of hydrogen-bond donors (Lipinski definition) is 0. The van der Waals surface area contributed by atoms with Gasteiger partial charge in [-0.25, -0.2) is 0 Å². The van der Waals surface area contributed by atoms with Gasteiger partial charge < -0.3 is 0 Å². The van der Waals surface area contributed by atoms with Crippen molar-refractivity contribution in [2.75, 3.05) is 0 Å². The van der Waals surface area contributed by atoms with Gasteiger partial charge in [-0.15, -0.1) is 0 Å². The molecule has 0 aliphatic heterocycles. The quantitative estimate of drug-likeness (QED) is 0.385. The van der Waals surface area contributed by atoms with E-state index in [0.717, 1.165) is 23.7 Å². The second kappa shape index (κ2) is 10.9. The topological polar surface area (TPSA) is 0 Å². The van der Waals surface area contributed by atoms with Gasteiger partial charge >= 0.3 is 0 Å². The molecule has 0 heterocycles. The summed E-state index contributed by atoms with van der Waals surface area (Å²) >= 11 is 0. The highest BCUT2D eigenvalue weighted by Crippen LogP contribution is 2.32. The van der Waals surface area contributed by atoms with Gasteiger partial charge in [-0.2, -0.15) is 0 Å². The van der Waals surface area contributed by atoms with E-state index in [1.165, 1.54) is 51.4 Å². The lowest BCUT2D eigenvalue weighted by atomic mass is 9.78. The maximum absolute atomic E-state index is 2.40. The Morgan fingerprint density at radius 3 is 1.50 bits per heavy atom. The van der Waals surface area contributed by atoms with Crippen LogP contribution in [-0.2, 0) is 0 Å². The van der Waals surface area contributed by atoms with Crippen LogP contribution in [0.5, 0.6) is 0 Å². The molecule has 2 unspecified atom stereocenters. The van der Waals surface area contributed by atoms with Crippen molar-refractivity contribution in [2.45, 2.75) is 92.9 Å². The smallest absolute Gasteiger partial charge is 0.0386 e. The summed E-state index contributed by atoms with van der Waals surface area (Å²) in [5.41, 5.74) is 0. The number of unbranched alkanes of at least 4 members (excludes halogenated alkanes) is 1. The van der Waals surface area contributed by atoms with Crippen LogP contribution in [0.1, 0.15) is 92.9 Å². The molecule has 0 fully saturated rings. The van der Waals surface area contributed by atoms with Crippen molar-refractivity contribution < 1.29 is 0 Å². The Labute approximate surface area is 117 Å². The molecule has 2 atom stereocenters. The van der Waals surface area contributed by atoms with Gasteiger partial charge in [0.1, 0.15) is 0 Å². The van der Waals surface area contributed by atoms with Crippen LogP contribution in [0.3, 0.4) is 0 Å². The van der Waals surface area contributed by atoms with Gasteiger partial charge in [0.15, 0.2) is 0 Å². The third-order valence-corrected chi connectivity index (χ3v) is 4.35. The van der Waals surface area contributed by atoms with Crippen molar-refractivity contribution in [2.24, 2.45) is 23.7 Å². The summed E-state index contributed by atoms with van der Waals surface area (Å²) in [5.74, 6) is 3.72. The lowest BCUT2D eigenvalue weighted by Crippen LogP contribution is -2.16. The summed E-state index contributed by atoms with van der Waals surface area (Å²) in [6.45, 7) is 14.2. The third kappa shape index (κ3) is 9.00. The zero-order valence-corrected chi connectivity index (χ0v) is 14.0. The Morgan fingerprint density at radius 1 is 0.611 bits per heavy atom. The molecule has 0 spiro atoms. The highest BCUT2D eigenvalue weighted by Gasteiger charge is 2.19. The van der Waals surface area contributed by atoms with E-state index in [4.69, 9.17) is 0 Å². The second-order valence-corrected chi connectivity index (χ2v) is 7.01. The largest absolute Gasteiger partial charge is 0.0654 e. The fourth-order valence-corrected chi connectivity index (χ4v) is 2.95. The van der Waals surface area contributed by atoms with Crippen LogP contribution in [0, 0.1) is 23.7 Å². The van der Waals surface area contributed by atoms with E-state index in [1.807, 2.05) is 0 Å². The Morgan fingerprint density at radius 2 is 1.11 bits per heavy atom. The van der Waals surface area contributed by atoms with E-state index in [0.29, 0.717) is 0 Å². The SMILES string of the molecule is CCCCC(CCC(C)C)C(CC)CCC(C)C. The predicted octanol–water partition coefficient (Wildman–Crippen LogP) is 6.69. The van der Waals surface area contributed by atoms with Crippen molar-refractivity contribution in [1.29, 1.82) is 0 Å². The summed E-state index contributed by atoms with van der Waals surface area (Å²) < 4.78 is 0. The van der Waals surface area contributed by atoms with Crippen LogP contribution < -0.4 is 0 Å². The molecule has 0 aromatic carbocycles. The van der Waals surface area contributed by atoms with Crippen LogP contribution >= 0.6 is 0 Å². The molecule has 0 radical (unpaired) electrons. The van der Waals surface area contributed by atoms with E-state index >= 15 is 0 Å². The minimum Gasteiger partial charge on any atom is -0.0654 e. The Balaban J connectivity index is 4.26. The molecule has 18 heavy (non-hydrogen) atoms. The zero-order valence-electron chi connectivity index (χ0n) is 14.0. The molecule has 0 aliphatic rings. The second-order valence-electron chi connectivity index (χ2n) is 7.01. The summed E-state index contributed by atoms with van der Waals surface area (Å²) in [7, 11) is 0.